The fourth-order valence-electron chi connectivity index (χ4n) is 5.01. The summed E-state index contributed by atoms with van der Waals surface area (Å²) in [6, 6.07) is 16.5. The van der Waals surface area contributed by atoms with Crippen LogP contribution in [0.15, 0.2) is 72.4 Å². The zero-order valence-electron chi connectivity index (χ0n) is 23.4. The van der Waals surface area contributed by atoms with Gasteiger partial charge in [-0.3, -0.25) is 4.40 Å². The maximum absolute atomic E-state index is 11.4. The molecule has 11 nitrogen and oxygen atoms in total. The topological polar surface area (TPSA) is 126 Å². The number of thiazole rings is 1. The molecule has 0 spiro atoms. The number of ether oxygens (including phenoxy) is 1. The number of aromatic nitrogens is 4. The Bertz CT molecular complexity index is 1680. The van der Waals surface area contributed by atoms with Gasteiger partial charge in [-0.1, -0.05) is 18.2 Å². The van der Waals surface area contributed by atoms with Crippen LogP contribution in [-0.4, -0.2) is 81.6 Å². The van der Waals surface area contributed by atoms with Gasteiger partial charge in [-0.15, -0.1) is 11.3 Å². The first kappa shape index (κ1) is 27.6. The van der Waals surface area contributed by atoms with Crippen LogP contribution in [0.4, 0.5) is 22.1 Å². The van der Waals surface area contributed by atoms with Crippen LogP contribution in [-0.2, 0) is 0 Å². The summed E-state index contributed by atoms with van der Waals surface area (Å²) in [5, 5.41) is 7.94. The normalized spacial score (nSPS) is 14.2. The number of likely N-dealkylation sites (N-methyl/N-ethyl adjacent to an activating group) is 1. The summed E-state index contributed by atoms with van der Waals surface area (Å²) in [7, 11) is 2.17. The second-order valence-corrected chi connectivity index (χ2v) is 11.1. The number of carbonyl (C=O) groups is 1. The van der Waals surface area contributed by atoms with E-state index in [0.29, 0.717) is 23.9 Å². The Morgan fingerprint density at radius 1 is 1.05 bits per heavy atom. The molecule has 2 amide bonds. The monoisotopic (exact) mass is 583 g/mol. The predicted octanol–water partition coefficient (Wildman–Crippen LogP) is 4.77. The maximum atomic E-state index is 11.4. The molecule has 0 radical (unpaired) electrons. The lowest BCUT2D eigenvalue weighted by Gasteiger charge is -2.32. The zero-order valence-corrected chi connectivity index (χ0v) is 24.2. The number of piperazine rings is 1. The van der Waals surface area contributed by atoms with Crippen LogP contribution in [0, 0.1) is 0 Å². The number of fused-ring (bicyclic) bond motifs is 1. The summed E-state index contributed by atoms with van der Waals surface area (Å²) in [6.45, 7) is 6.20. The molecule has 0 unspecified atom stereocenters. The van der Waals surface area contributed by atoms with E-state index < -0.39 is 6.03 Å². The molecule has 1 saturated heterocycles. The van der Waals surface area contributed by atoms with Gasteiger partial charge in [-0.25, -0.2) is 19.7 Å². The van der Waals surface area contributed by atoms with Crippen LogP contribution in [0.1, 0.15) is 6.42 Å². The molecule has 6 rings (SSSR count). The molecular formula is C30H33N9O2S. The SMILES string of the molecule is CN1CCN(CCCOc2cccc(Nc3nccc(-c4c(-c5cccc(NC(N)=O)c5)nc5sccn45)n3)c2)CC1. The van der Waals surface area contributed by atoms with E-state index in [1.54, 1.807) is 12.3 Å². The molecule has 4 heterocycles. The van der Waals surface area contributed by atoms with Gasteiger partial charge in [0.1, 0.15) is 11.4 Å². The zero-order chi connectivity index (χ0) is 28.9. The second-order valence-electron chi connectivity index (χ2n) is 10.2. The van der Waals surface area contributed by atoms with E-state index in [2.05, 4.69) is 32.5 Å². The quantitative estimate of drug-likeness (QED) is 0.201. The lowest BCUT2D eigenvalue weighted by Crippen LogP contribution is -2.44. The largest absolute Gasteiger partial charge is 0.493 e. The van der Waals surface area contributed by atoms with Crippen molar-refractivity contribution in [2.24, 2.45) is 5.73 Å². The number of amides is 2. The van der Waals surface area contributed by atoms with Crippen LogP contribution in [0.2, 0.25) is 0 Å². The summed E-state index contributed by atoms with van der Waals surface area (Å²) in [4.78, 5) is 31.3. The number of hydrogen-bond acceptors (Lipinski definition) is 9. The Morgan fingerprint density at radius 2 is 1.88 bits per heavy atom. The van der Waals surface area contributed by atoms with Gasteiger partial charge in [0.15, 0.2) is 4.96 Å². The fraction of sp³-hybridized carbons (Fsp3) is 0.267. The Morgan fingerprint density at radius 3 is 2.74 bits per heavy atom. The van der Waals surface area contributed by atoms with Gasteiger partial charge in [0.05, 0.1) is 18.0 Å². The van der Waals surface area contributed by atoms with Crippen molar-refractivity contribution >= 4 is 39.7 Å². The number of primary amides is 1. The number of nitrogens with one attached hydrogen (secondary N) is 2. The number of nitrogens with two attached hydrogens (primary N) is 1. The Balaban J connectivity index is 1.17. The third-order valence-electron chi connectivity index (χ3n) is 7.14. The van der Waals surface area contributed by atoms with E-state index in [1.165, 1.54) is 11.3 Å². The summed E-state index contributed by atoms with van der Waals surface area (Å²) in [5.74, 6) is 1.26. The smallest absolute Gasteiger partial charge is 0.316 e. The van der Waals surface area contributed by atoms with Crippen LogP contribution in [0.5, 0.6) is 5.75 Å². The standard InChI is InChI=1S/C30H33N9O2S/c1-37-12-14-38(15-13-37)11-4-17-41-24-8-3-7-23(20-24)34-29-32-10-9-25(35-29)27-26(36-30-39(27)16-18-42-30)21-5-2-6-22(19-21)33-28(31)40/h2-3,5-10,16,18-20H,4,11-15,17H2,1H3,(H3,31,33,40)(H,32,34,35). The third-order valence-corrected chi connectivity index (χ3v) is 7.89. The Labute approximate surface area is 248 Å². The molecule has 0 aliphatic carbocycles. The maximum Gasteiger partial charge on any atom is 0.316 e. The number of urea groups is 1. The molecule has 5 aromatic rings. The number of nitrogens with zero attached hydrogens (tertiary/aromatic N) is 6. The van der Waals surface area contributed by atoms with Crippen molar-refractivity contribution in [1.82, 2.24) is 29.2 Å². The Kier molecular flexibility index (Phi) is 8.26. The van der Waals surface area contributed by atoms with Crippen LogP contribution >= 0.6 is 11.3 Å². The molecular weight excluding hydrogens is 550 g/mol. The van der Waals surface area contributed by atoms with E-state index in [4.69, 9.17) is 20.4 Å². The fourth-order valence-corrected chi connectivity index (χ4v) is 5.73. The van der Waals surface area contributed by atoms with Crippen LogP contribution < -0.4 is 21.1 Å². The average molecular weight is 584 g/mol. The number of imidazole rings is 1. The van der Waals surface area contributed by atoms with Crippen molar-refractivity contribution in [2.75, 3.05) is 57.0 Å². The molecule has 0 bridgehead atoms. The van der Waals surface area contributed by atoms with Crippen molar-refractivity contribution in [3.8, 4) is 28.4 Å². The van der Waals surface area contributed by atoms with Crippen molar-refractivity contribution < 1.29 is 9.53 Å². The Hall–Kier alpha value is -4.52. The summed E-state index contributed by atoms with van der Waals surface area (Å²) >= 11 is 1.54. The van der Waals surface area contributed by atoms with E-state index in [-0.39, 0.29) is 0 Å². The first-order valence-corrected chi connectivity index (χ1v) is 14.8. The average Bonchev–Trinajstić information content (AvgIpc) is 3.58. The number of benzene rings is 2. The van der Waals surface area contributed by atoms with Gasteiger partial charge in [-0.05, 0) is 43.8 Å². The minimum atomic E-state index is -0.621. The highest BCUT2D eigenvalue weighted by molar-refractivity contribution is 7.15. The molecule has 1 aliphatic rings. The molecule has 0 saturated carbocycles. The minimum absolute atomic E-state index is 0.458. The molecule has 0 atom stereocenters. The highest BCUT2D eigenvalue weighted by Gasteiger charge is 2.19. The molecule has 12 heteroatoms. The van der Waals surface area contributed by atoms with Crippen LogP contribution in [0.25, 0.3) is 27.6 Å². The first-order valence-electron chi connectivity index (χ1n) is 13.9. The molecule has 1 fully saturated rings. The lowest BCUT2D eigenvalue weighted by molar-refractivity contribution is 0.145. The molecule has 1 aliphatic heterocycles. The minimum Gasteiger partial charge on any atom is -0.493 e. The van der Waals surface area contributed by atoms with Crippen molar-refractivity contribution in [3.63, 3.8) is 0 Å². The van der Waals surface area contributed by atoms with Gasteiger partial charge in [-0.2, -0.15) is 0 Å². The summed E-state index contributed by atoms with van der Waals surface area (Å²) in [6.07, 6.45) is 4.68. The summed E-state index contributed by atoms with van der Waals surface area (Å²) < 4.78 is 8.07. The van der Waals surface area contributed by atoms with E-state index in [0.717, 1.165) is 72.5 Å². The number of rotatable bonds is 10. The van der Waals surface area contributed by atoms with Gasteiger partial charge < -0.3 is 30.9 Å². The predicted molar refractivity (Wildman–Crippen MR) is 167 cm³/mol. The third kappa shape index (κ3) is 6.51. The van der Waals surface area contributed by atoms with Crippen molar-refractivity contribution in [3.05, 3.63) is 72.4 Å². The van der Waals surface area contributed by atoms with Gasteiger partial charge in [0, 0.05) is 73.5 Å². The lowest BCUT2D eigenvalue weighted by atomic mass is 10.1. The molecule has 42 heavy (non-hydrogen) atoms. The van der Waals surface area contributed by atoms with Crippen molar-refractivity contribution in [2.45, 2.75) is 6.42 Å². The summed E-state index contributed by atoms with van der Waals surface area (Å²) in [5.41, 5.74) is 9.86. The molecule has 216 valence electrons. The highest BCUT2D eigenvalue weighted by atomic mass is 32.1. The highest BCUT2D eigenvalue weighted by Crippen LogP contribution is 2.35. The molecule has 3 aromatic heterocycles. The van der Waals surface area contributed by atoms with Gasteiger partial charge in [0.25, 0.3) is 0 Å². The van der Waals surface area contributed by atoms with Gasteiger partial charge >= 0.3 is 6.03 Å². The van der Waals surface area contributed by atoms with E-state index in [9.17, 15) is 4.79 Å². The van der Waals surface area contributed by atoms with Crippen molar-refractivity contribution in [1.29, 1.82) is 0 Å². The van der Waals surface area contributed by atoms with Gasteiger partial charge in [0.2, 0.25) is 5.95 Å². The van der Waals surface area contributed by atoms with E-state index in [1.807, 2.05) is 64.5 Å². The molecule has 4 N–H and O–H groups in total. The molecule has 2 aromatic carbocycles. The van der Waals surface area contributed by atoms with Crippen LogP contribution in [0.3, 0.4) is 0 Å². The number of anilines is 3. The first-order chi connectivity index (χ1) is 20.5. The van der Waals surface area contributed by atoms with E-state index >= 15 is 0 Å². The second kappa shape index (κ2) is 12.6. The number of carbonyl (C=O) groups excluding carboxylic acids is 1. The number of hydrogen-bond donors (Lipinski definition) is 3.